The predicted molar refractivity (Wildman–Crippen MR) is 81.6 cm³/mol. The topological polar surface area (TPSA) is 152 Å². The lowest BCUT2D eigenvalue weighted by molar-refractivity contribution is -0.195. The lowest BCUT2D eigenvalue weighted by Crippen LogP contribution is -2.52. The van der Waals surface area contributed by atoms with Gasteiger partial charge in [-0.15, -0.1) is 0 Å². The summed E-state index contributed by atoms with van der Waals surface area (Å²) >= 11 is 0. The molecule has 0 aliphatic heterocycles. The van der Waals surface area contributed by atoms with E-state index in [-0.39, 0.29) is 6.29 Å². The quantitative estimate of drug-likeness (QED) is 0.255. The van der Waals surface area contributed by atoms with Crippen LogP contribution in [0.25, 0.3) is 0 Å². The standard InChI is InChI=1S/C15H22O11/c1-8(17)24-12(5-16)15(26-10(3)19)14(25-9(2)18)11(20)6-23-7-13(21)22-4/h5,11-12,14-15,20H,6-7H2,1-4H3/t11-,12+,14+,15-/m1/s1. The van der Waals surface area contributed by atoms with Gasteiger partial charge in [0, 0.05) is 20.8 Å². The Labute approximate surface area is 149 Å². The van der Waals surface area contributed by atoms with E-state index in [1.165, 1.54) is 0 Å². The van der Waals surface area contributed by atoms with E-state index in [0.717, 1.165) is 27.9 Å². The predicted octanol–water partition coefficient (Wildman–Crippen LogP) is -1.47. The second-order valence-corrected chi connectivity index (χ2v) is 5.02. The van der Waals surface area contributed by atoms with Crippen molar-refractivity contribution in [3.8, 4) is 0 Å². The van der Waals surface area contributed by atoms with E-state index in [0.29, 0.717) is 0 Å². The van der Waals surface area contributed by atoms with Crippen LogP contribution in [-0.2, 0) is 47.7 Å². The van der Waals surface area contributed by atoms with Crippen LogP contribution < -0.4 is 0 Å². The van der Waals surface area contributed by atoms with Crippen molar-refractivity contribution in [2.24, 2.45) is 0 Å². The van der Waals surface area contributed by atoms with Gasteiger partial charge in [0.2, 0.25) is 0 Å². The molecule has 0 fully saturated rings. The number of rotatable bonds is 11. The number of ether oxygens (including phenoxy) is 5. The van der Waals surface area contributed by atoms with E-state index in [2.05, 4.69) is 4.74 Å². The van der Waals surface area contributed by atoms with Crippen LogP contribution in [0.2, 0.25) is 0 Å². The van der Waals surface area contributed by atoms with Crippen molar-refractivity contribution in [1.29, 1.82) is 0 Å². The number of aldehydes is 1. The summed E-state index contributed by atoms with van der Waals surface area (Å²) in [5.74, 6) is -3.33. The van der Waals surface area contributed by atoms with Crippen LogP contribution in [0.4, 0.5) is 0 Å². The molecule has 0 rings (SSSR count). The van der Waals surface area contributed by atoms with Gasteiger partial charge in [0.1, 0.15) is 12.7 Å². The minimum atomic E-state index is -1.64. The molecular formula is C15H22O11. The molecule has 4 atom stereocenters. The van der Waals surface area contributed by atoms with E-state index in [4.69, 9.17) is 18.9 Å². The Morgan fingerprint density at radius 2 is 1.42 bits per heavy atom. The maximum atomic E-state index is 11.3. The summed E-state index contributed by atoms with van der Waals surface area (Å²) in [5.41, 5.74) is 0. The first-order valence-corrected chi connectivity index (χ1v) is 7.41. The number of hydrogen-bond acceptors (Lipinski definition) is 11. The number of carbonyl (C=O) groups is 5. The molecule has 0 bridgehead atoms. The molecule has 0 amide bonds. The van der Waals surface area contributed by atoms with Crippen molar-refractivity contribution in [2.45, 2.75) is 45.2 Å². The minimum absolute atomic E-state index is 0.160. The van der Waals surface area contributed by atoms with Gasteiger partial charge in [0.25, 0.3) is 0 Å². The third-order valence-electron chi connectivity index (χ3n) is 2.80. The molecule has 148 valence electrons. The third kappa shape index (κ3) is 9.08. The highest BCUT2D eigenvalue weighted by molar-refractivity contribution is 5.72. The molecule has 11 nitrogen and oxygen atoms in total. The summed E-state index contributed by atoms with van der Waals surface area (Å²) in [6, 6.07) is 0. The van der Waals surface area contributed by atoms with Crippen LogP contribution in [0.1, 0.15) is 20.8 Å². The second-order valence-electron chi connectivity index (χ2n) is 5.02. The van der Waals surface area contributed by atoms with Crippen LogP contribution >= 0.6 is 0 Å². The molecule has 0 spiro atoms. The average Bonchev–Trinajstić information content (AvgIpc) is 2.54. The van der Waals surface area contributed by atoms with Gasteiger partial charge in [-0.2, -0.15) is 0 Å². The highest BCUT2D eigenvalue weighted by atomic mass is 16.6. The van der Waals surface area contributed by atoms with Crippen molar-refractivity contribution >= 4 is 30.2 Å². The highest BCUT2D eigenvalue weighted by Gasteiger charge is 2.41. The van der Waals surface area contributed by atoms with Gasteiger partial charge in [-0.25, -0.2) is 4.79 Å². The van der Waals surface area contributed by atoms with Crippen molar-refractivity contribution in [2.75, 3.05) is 20.3 Å². The lowest BCUT2D eigenvalue weighted by atomic mass is 10.0. The monoisotopic (exact) mass is 378 g/mol. The van der Waals surface area contributed by atoms with Crippen molar-refractivity contribution in [3.63, 3.8) is 0 Å². The Morgan fingerprint density at radius 3 is 1.85 bits per heavy atom. The van der Waals surface area contributed by atoms with Gasteiger partial charge in [-0.3, -0.25) is 19.2 Å². The zero-order valence-corrected chi connectivity index (χ0v) is 14.8. The van der Waals surface area contributed by atoms with Crippen molar-refractivity contribution < 1.29 is 52.8 Å². The molecule has 0 aliphatic rings. The molecule has 0 saturated heterocycles. The Bertz CT molecular complexity index is 516. The first-order chi connectivity index (χ1) is 12.1. The molecule has 0 radical (unpaired) electrons. The molecular weight excluding hydrogens is 356 g/mol. The van der Waals surface area contributed by atoms with Gasteiger partial charge in [-0.05, 0) is 0 Å². The second kappa shape index (κ2) is 11.9. The van der Waals surface area contributed by atoms with E-state index in [9.17, 15) is 29.1 Å². The number of hydrogen-bond donors (Lipinski definition) is 1. The van der Waals surface area contributed by atoms with Crippen LogP contribution in [0.3, 0.4) is 0 Å². The molecule has 0 heterocycles. The molecule has 0 saturated carbocycles. The van der Waals surface area contributed by atoms with Crippen LogP contribution in [0, 0.1) is 0 Å². The summed E-state index contributed by atoms with van der Waals surface area (Å²) in [7, 11) is 1.13. The fourth-order valence-electron chi connectivity index (χ4n) is 1.85. The molecule has 0 aromatic rings. The summed E-state index contributed by atoms with van der Waals surface area (Å²) in [4.78, 5) is 56.0. The first kappa shape index (κ1) is 23.5. The number of esters is 4. The summed E-state index contributed by atoms with van der Waals surface area (Å²) in [5, 5.41) is 10.2. The maximum absolute atomic E-state index is 11.3. The fraction of sp³-hybridized carbons (Fsp3) is 0.667. The third-order valence-corrected chi connectivity index (χ3v) is 2.80. The summed E-state index contributed by atoms with van der Waals surface area (Å²) < 4.78 is 23.8. The number of aliphatic hydroxyl groups is 1. The van der Waals surface area contributed by atoms with Crippen LogP contribution in [-0.4, -0.2) is 80.0 Å². The van der Waals surface area contributed by atoms with Gasteiger partial charge in [0.15, 0.2) is 24.6 Å². The smallest absolute Gasteiger partial charge is 0.331 e. The molecule has 0 aliphatic carbocycles. The minimum Gasteiger partial charge on any atom is -0.467 e. The zero-order chi connectivity index (χ0) is 20.3. The maximum Gasteiger partial charge on any atom is 0.331 e. The number of carbonyl (C=O) groups excluding carboxylic acids is 5. The van der Waals surface area contributed by atoms with Crippen molar-refractivity contribution in [1.82, 2.24) is 0 Å². The van der Waals surface area contributed by atoms with E-state index < -0.39 is 61.5 Å². The van der Waals surface area contributed by atoms with E-state index in [1.54, 1.807) is 0 Å². The fourth-order valence-corrected chi connectivity index (χ4v) is 1.85. The SMILES string of the molecule is COC(=O)COC[C@@H](O)[C@H](OC(C)=O)[C@H](OC(C)=O)[C@H](C=O)OC(C)=O. The van der Waals surface area contributed by atoms with E-state index >= 15 is 0 Å². The largest absolute Gasteiger partial charge is 0.467 e. The summed E-state index contributed by atoms with van der Waals surface area (Å²) in [6.45, 7) is 2.00. The molecule has 0 aromatic heterocycles. The van der Waals surface area contributed by atoms with Gasteiger partial charge in [-0.1, -0.05) is 0 Å². The summed E-state index contributed by atoms with van der Waals surface area (Å²) in [6.07, 6.45) is -6.34. The molecule has 0 unspecified atom stereocenters. The van der Waals surface area contributed by atoms with Gasteiger partial charge >= 0.3 is 23.9 Å². The zero-order valence-electron chi connectivity index (χ0n) is 14.8. The number of aliphatic hydroxyl groups excluding tert-OH is 1. The normalized spacial score (nSPS) is 15.0. The first-order valence-electron chi connectivity index (χ1n) is 7.41. The molecule has 0 aromatic carbocycles. The highest BCUT2D eigenvalue weighted by Crippen LogP contribution is 2.17. The number of methoxy groups -OCH3 is 1. The van der Waals surface area contributed by atoms with Crippen LogP contribution in [0.5, 0.6) is 0 Å². The van der Waals surface area contributed by atoms with E-state index in [1.807, 2.05) is 0 Å². The Kier molecular flexibility index (Phi) is 10.8. The Balaban J connectivity index is 5.41. The Morgan fingerprint density at radius 1 is 0.923 bits per heavy atom. The van der Waals surface area contributed by atoms with Gasteiger partial charge < -0.3 is 28.8 Å². The Hall–Kier alpha value is -2.53. The molecule has 1 N–H and O–H groups in total. The average molecular weight is 378 g/mol. The molecule has 11 heteroatoms. The van der Waals surface area contributed by atoms with Crippen LogP contribution in [0.15, 0.2) is 0 Å². The molecule has 26 heavy (non-hydrogen) atoms. The van der Waals surface area contributed by atoms with Crippen molar-refractivity contribution in [3.05, 3.63) is 0 Å². The van der Waals surface area contributed by atoms with Gasteiger partial charge in [0.05, 0.1) is 13.7 Å². The lowest BCUT2D eigenvalue weighted by Gasteiger charge is -2.32.